The number of aryl methyl sites for hydroxylation is 1. The van der Waals surface area contributed by atoms with Crippen LogP contribution in [0, 0.1) is 0 Å². The normalized spacial score (nSPS) is 11.3. The quantitative estimate of drug-likeness (QED) is 0.529. The van der Waals surface area contributed by atoms with Crippen molar-refractivity contribution in [1.82, 2.24) is 9.55 Å². The summed E-state index contributed by atoms with van der Waals surface area (Å²) >= 11 is 21.7. The molecular formula is C14H8BrCl3N2O. The Morgan fingerprint density at radius 3 is 2.57 bits per heavy atom. The van der Waals surface area contributed by atoms with Crippen LogP contribution in [-0.4, -0.2) is 14.7 Å². The van der Waals surface area contributed by atoms with Crippen molar-refractivity contribution < 1.29 is 5.11 Å². The Morgan fingerprint density at radius 2 is 1.86 bits per heavy atom. The number of fused-ring (bicyclic) bond motifs is 1. The van der Waals surface area contributed by atoms with Crippen LogP contribution in [0.3, 0.4) is 0 Å². The summed E-state index contributed by atoms with van der Waals surface area (Å²) in [5.41, 5.74) is 2.00. The first-order valence-corrected chi connectivity index (χ1v) is 7.81. The fourth-order valence-corrected chi connectivity index (χ4v) is 3.23. The molecule has 3 rings (SSSR count). The Kier molecular flexibility index (Phi) is 3.82. The number of phenolic OH excluding ortho intramolecular Hbond substituents is 1. The number of aromatic hydroxyl groups is 1. The first kappa shape index (κ1) is 15.0. The molecule has 0 spiro atoms. The van der Waals surface area contributed by atoms with Crippen molar-refractivity contribution >= 4 is 61.8 Å². The van der Waals surface area contributed by atoms with Gasteiger partial charge in [-0.15, -0.1) is 0 Å². The van der Waals surface area contributed by atoms with Gasteiger partial charge in [0.25, 0.3) is 0 Å². The van der Waals surface area contributed by atoms with Crippen molar-refractivity contribution in [2.75, 3.05) is 0 Å². The Bertz CT molecular complexity index is 850. The van der Waals surface area contributed by atoms with Gasteiger partial charge in [-0.1, -0.05) is 50.7 Å². The summed E-state index contributed by atoms with van der Waals surface area (Å²) < 4.78 is 2.74. The van der Waals surface area contributed by atoms with Gasteiger partial charge in [0.05, 0.1) is 31.7 Å². The van der Waals surface area contributed by atoms with Gasteiger partial charge in [0.1, 0.15) is 11.6 Å². The average molecular weight is 406 g/mol. The van der Waals surface area contributed by atoms with E-state index in [1.165, 1.54) is 6.07 Å². The van der Waals surface area contributed by atoms with Crippen LogP contribution in [0.5, 0.6) is 5.75 Å². The molecule has 2 aromatic carbocycles. The van der Waals surface area contributed by atoms with Gasteiger partial charge in [-0.25, -0.2) is 4.98 Å². The van der Waals surface area contributed by atoms with Crippen molar-refractivity contribution in [1.29, 1.82) is 0 Å². The second-order valence-electron chi connectivity index (χ2n) is 4.51. The maximum Gasteiger partial charge on any atom is 0.146 e. The number of imidazole rings is 1. The molecule has 108 valence electrons. The molecule has 1 heterocycles. The molecule has 0 saturated heterocycles. The zero-order valence-corrected chi connectivity index (χ0v) is 14.5. The van der Waals surface area contributed by atoms with Crippen molar-refractivity contribution in [3.63, 3.8) is 0 Å². The molecule has 0 radical (unpaired) electrons. The molecule has 7 heteroatoms. The third-order valence-corrected chi connectivity index (χ3v) is 4.78. The lowest BCUT2D eigenvalue weighted by atomic mass is 10.2. The standard InChI is InChI=1S/C14H8BrCl3N2O/c1-20-10-3-2-6(15)4-9(10)19-14(20)11-12(18)7(16)5-8(17)13(11)21/h2-5,21H,1H3. The number of aromatic nitrogens is 2. The summed E-state index contributed by atoms with van der Waals surface area (Å²) in [7, 11) is 1.84. The highest BCUT2D eigenvalue weighted by Crippen LogP contribution is 2.44. The van der Waals surface area contributed by atoms with Crippen molar-refractivity contribution in [3.8, 4) is 17.1 Å². The van der Waals surface area contributed by atoms with Crippen LogP contribution in [0.1, 0.15) is 0 Å². The summed E-state index contributed by atoms with van der Waals surface area (Å²) in [5, 5.41) is 10.8. The third-order valence-electron chi connectivity index (χ3n) is 3.21. The van der Waals surface area contributed by atoms with E-state index in [1.54, 1.807) is 0 Å². The highest BCUT2D eigenvalue weighted by Gasteiger charge is 2.21. The number of hydrogen-bond donors (Lipinski definition) is 1. The van der Waals surface area contributed by atoms with Gasteiger partial charge in [-0.3, -0.25) is 0 Å². The van der Waals surface area contributed by atoms with Crippen LogP contribution < -0.4 is 0 Å². The van der Waals surface area contributed by atoms with Crippen LogP contribution in [0.15, 0.2) is 28.7 Å². The lowest BCUT2D eigenvalue weighted by Crippen LogP contribution is -1.94. The van der Waals surface area contributed by atoms with E-state index in [4.69, 9.17) is 34.8 Å². The molecule has 1 N–H and O–H groups in total. The Labute approximate surface area is 144 Å². The summed E-state index contributed by atoms with van der Waals surface area (Å²) in [4.78, 5) is 4.52. The number of hydrogen-bond acceptors (Lipinski definition) is 2. The fourth-order valence-electron chi connectivity index (χ4n) is 2.19. The lowest BCUT2D eigenvalue weighted by Gasteiger charge is -2.10. The summed E-state index contributed by atoms with van der Waals surface area (Å²) in [6.07, 6.45) is 0. The first-order chi connectivity index (χ1) is 9.90. The second-order valence-corrected chi connectivity index (χ2v) is 6.61. The number of nitrogens with zero attached hydrogens (tertiary/aromatic N) is 2. The Hall–Kier alpha value is -0.940. The van der Waals surface area contributed by atoms with Crippen molar-refractivity contribution in [2.24, 2.45) is 7.05 Å². The van der Waals surface area contributed by atoms with Gasteiger partial charge in [-0.05, 0) is 24.3 Å². The van der Waals surface area contributed by atoms with Gasteiger partial charge >= 0.3 is 0 Å². The SMILES string of the molecule is Cn1c(-c2c(O)c(Cl)cc(Cl)c2Cl)nc2cc(Br)ccc21. The Balaban J connectivity index is 2.38. The highest BCUT2D eigenvalue weighted by atomic mass is 79.9. The zero-order chi connectivity index (χ0) is 15.3. The highest BCUT2D eigenvalue weighted by molar-refractivity contribution is 9.10. The van der Waals surface area contributed by atoms with Gasteiger partial charge in [0, 0.05) is 11.5 Å². The van der Waals surface area contributed by atoms with E-state index in [0.29, 0.717) is 11.4 Å². The molecule has 0 saturated carbocycles. The number of phenols is 1. The smallest absolute Gasteiger partial charge is 0.146 e. The predicted octanol–water partition coefficient (Wildman–Crippen LogP) is 5.67. The summed E-state index contributed by atoms with van der Waals surface area (Å²) in [6.45, 7) is 0. The van der Waals surface area contributed by atoms with Gasteiger partial charge in [-0.2, -0.15) is 0 Å². The largest absolute Gasteiger partial charge is 0.506 e. The molecule has 0 aliphatic rings. The van der Waals surface area contributed by atoms with Crippen molar-refractivity contribution in [2.45, 2.75) is 0 Å². The second kappa shape index (κ2) is 5.36. The van der Waals surface area contributed by atoms with E-state index >= 15 is 0 Å². The molecule has 0 bridgehead atoms. The topological polar surface area (TPSA) is 38.0 Å². The van der Waals surface area contributed by atoms with Crippen LogP contribution in [0.4, 0.5) is 0 Å². The van der Waals surface area contributed by atoms with Gasteiger partial charge < -0.3 is 9.67 Å². The molecule has 0 atom stereocenters. The predicted molar refractivity (Wildman–Crippen MR) is 90.5 cm³/mol. The lowest BCUT2D eigenvalue weighted by molar-refractivity contribution is 0.477. The zero-order valence-electron chi connectivity index (χ0n) is 10.7. The summed E-state index contributed by atoms with van der Waals surface area (Å²) in [5.74, 6) is 0.360. The molecule has 0 amide bonds. The van der Waals surface area contributed by atoms with E-state index < -0.39 is 0 Å². The number of benzene rings is 2. The minimum atomic E-state index is -0.136. The Morgan fingerprint density at radius 1 is 1.14 bits per heavy atom. The molecule has 1 aromatic heterocycles. The first-order valence-electron chi connectivity index (χ1n) is 5.89. The molecule has 0 fully saturated rings. The van der Waals surface area contributed by atoms with Crippen molar-refractivity contribution in [3.05, 3.63) is 43.8 Å². The monoisotopic (exact) mass is 404 g/mol. The minimum absolute atomic E-state index is 0.132. The molecule has 0 unspecified atom stereocenters. The van der Waals surface area contributed by atoms with Crippen LogP contribution in [0.2, 0.25) is 15.1 Å². The molecule has 21 heavy (non-hydrogen) atoms. The van der Waals surface area contributed by atoms with Gasteiger partial charge in [0.15, 0.2) is 0 Å². The third kappa shape index (κ3) is 2.40. The summed E-state index contributed by atoms with van der Waals surface area (Å²) in [6, 6.07) is 7.13. The fraction of sp³-hybridized carbons (Fsp3) is 0.0714. The minimum Gasteiger partial charge on any atom is -0.506 e. The maximum atomic E-state index is 10.2. The molecule has 0 aliphatic carbocycles. The van der Waals surface area contributed by atoms with E-state index in [-0.39, 0.29) is 20.8 Å². The van der Waals surface area contributed by atoms with Crippen LogP contribution >= 0.6 is 50.7 Å². The molecular weight excluding hydrogens is 398 g/mol. The van der Waals surface area contributed by atoms with Crippen LogP contribution in [-0.2, 0) is 7.05 Å². The number of halogens is 4. The molecule has 0 aliphatic heterocycles. The van der Waals surface area contributed by atoms with E-state index in [1.807, 2.05) is 29.8 Å². The van der Waals surface area contributed by atoms with Crippen LogP contribution in [0.25, 0.3) is 22.4 Å². The van der Waals surface area contributed by atoms with E-state index in [2.05, 4.69) is 20.9 Å². The van der Waals surface area contributed by atoms with E-state index in [0.717, 1.165) is 15.5 Å². The number of rotatable bonds is 1. The average Bonchev–Trinajstić information content (AvgIpc) is 2.74. The maximum absolute atomic E-state index is 10.2. The molecule has 3 nitrogen and oxygen atoms in total. The molecule has 3 aromatic rings. The van der Waals surface area contributed by atoms with E-state index in [9.17, 15) is 5.11 Å². The van der Waals surface area contributed by atoms with Gasteiger partial charge in [0.2, 0.25) is 0 Å².